The Morgan fingerprint density at radius 1 is 0.500 bits per heavy atom. The summed E-state index contributed by atoms with van der Waals surface area (Å²) in [6.07, 6.45) is -0.491. The minimum Gasteiger partial charge on any atom is -0.455 e. The molecule has 244 valence electrons. The van der Waals surface area contributed by atoms with Gasteiger partial charge in [0.2, 0.25) is 0 Å². The highest BCUT2D eigenvalue weighted by atomic mass is 16.5. The Labute approximate surface area is 297 Å². The van der Waals surface area contributed by atoms with E-state index in [0.29, 0.717) is 0 Å². The van der Waals surface area contributed by atoms with E-state index in [4.69, 9.17) is 9.15 Å². The molecule has 3 aromatic heterocycles. The van der Waals surface area contributed by atoms with E-state index >= 15 is 0 Å². The minimum absolute atomic E-state index is 0.491. The fraction of sp³-hybridized carbons (Fsp3) is 0.0213. The van der Waals surface area contributed by atoms with Gasteiger partial charge in [-0.15, -0.1) is 0 Å². The van der Waals surface area contributed by atoms with Crippen LogP contribution in [-0.4, -0.2) is 9.13 Å². The molecule has 0 saturated carbocycles. The summed E-state index contributed by atoms with van der Waals surface area (Å²) in [7, 11) is 0. The zero-order valence-electron chi connectivity index (χ0n) is 27.9. The van der Waals surface area contributed by atoms with Crippen LogP contribution >= 0.6 is 0 Å². The van der Waals surface area contributed by atoms with Crippen molar-refractivity contribution in [2.75, 3.05) is 5.32 Å². The van der Waals surface area contributed by atoms with E-state index in [1.807, 2.05) is 12.1 Å². The second-order valence-corrected chi connectivity index (χ2v) is 13.7. The predicted octanol–water partition coefficient (Wildman–Crippen LogP) is 12.6. The number of benzene rings is 8. The number of anilines is 1. The van der Waals surface area contributed by atoms with Crippen LogP contribution in [0.1, 0.15) is 6.35 Å². The lowest BCUT2D eigenvalue weighted by molar-refractivity contribution is 0.195. The van der Waals surface area contributed by atoms with Gasteiger partial charge < -0.3 is 19.0 Å². The molecule has 52 heavy (non-hydrogen) atoms. The van der Waals surface area contributed by atoms with E-state index in [2.05, 4.69) is 166 Å². The van der Waals surface area contributed by atoms with Crippen molar-refractivity contribution in [3.05, 3.63) is 164 Å². The highest BCUT2D eigenvalue weighted by molar-refractivity contribution is 6.16. The molecule has 12 rings (SSSR count). The van der Waals surface area contributed by atoms with E-state index < -0.39 is 6.35 Å². The standard InChI is InChI=1S/C47H29N3O2/c1-2-12-29-25-30(22-21-28(29)11-1)37-27-38-46(44-36-16-6-10-20-43(36)51-45(37)44)52-47(48-38)50-41-19-9-5-15-34(41)35-24-23-31(26-42(35)50)49-39-17-7-3-13-32(39)33-14-4-8-18-40(33)49/h1-27,47-48H. The third-order valence-electron chi connectivity index (χ3n) is 10.9. The van der Waals surface area contributed by atoms with Crippen LogP contribution in [0.15, 0.2) is 168 Å². The number of hydrogen-bond donors (Lipinski definition) is 1. The number of para-hydroxylation sites is 4. The van der Waals surface area contributed by atoms with Gasteiger partial charge in [0, 0.05) is 38.2 Å². The van der Waals surface area contributed by atoms with E-state index in [9.17, 15) is 0 Å². The Morgan fingerprint density at radius 2 is 1.13 bits per heavy atom. The van der Waals surface area contributed by atoms with Gasteiger partial charge in [0.15, 0.2) is 5.75 Å². The number of ether oxygens (including phenoxy) is 1. The zero-order chi connectivity index (χ0) is 33.9. The van der Waals surface area contributed by atoms with Crippen molar-refractivity contribution in [1.29, 1.82) is 0 Å². The number of nitrogens with zero attached hydrogens (tertiary/aromatic N) is 2. The SMILES string of the molecule is c1ccc2cc(-c3cc4c(c5c3oc3ccccc35)OC(n3c5ccccc5c5ccc(-n6c7ccccc7c7ccccc76)cc53)N4)ccc2c1. The fourth-order valence-electron chi connectivity index (χ4n) is 8.64. The van der Waals surface area contributed by atoms with Crippen molar-refractivity contribution in [3.63, 3.8) is 0 Å². The first-order valence-electron chi connectivity index (χ1n) is 17.7. The molecule has 0 spiro atoms. The summed E-state index contributed by atoms with van der Waals surface area (Å²) in [5.74, 6) is 0.805. The maximum atomic E-state index is 7.06. The van der Waals surface area contributed by atoms with E-state index in [-0.39, 0.29) is 0 Å². The molecular weight excluding hydrogens is 639 g/mol. The molecule has 0 bridgehead atoms. The molecule has 5 nitrogen and oxygen atoms in total. The Kier molecular flexibility index (Phi) is 5.50. The molecule has 0 radical (unpaired) electrons. The molecule has 1 N–H and O–H groups in total. The molecule has 1 unspecified atom stereocenters. The number of hydrogen-bond acceptors (Lipinski definition) is 3. The van der Waals surface area contributed by atoms with Crippen LogP contribution in [0, 0.1) is 0 Å². The Bertz CT molecular complexity index is 3220. The van der Waals surface area contributed by atoms with Gasteiger partial charge in [-0.25, -0.2) is 0 Å². The highest BCUT2D eigenvalue weighted by Gasteiger charge is 2.32. The van der Waals surface area contributed by atoms with Crippen molar-refractivity contribution in [2.45, 2.75) is 6.35 Å². The van der Waals surface area contributed by atoms with E-state index in [1.165, 1.54) is 43.4 Å². The first-order chi connectivity index (χ1) is 25.8. The number of furan rings is 1. The summed E-state index contributed by atoms with van der Waals surface area (Å²) in [6.45, 7) is 0. The molecule has 0 saturated heterocycles. The lowest BCUT2D eigenvalue weighted by Crippen LogP contribution is -2.18. The molecule has 1 atom stereocenters. The predicted molar refractivity (Wildman–Crippen MR) is 214 cm³/mol. The summed E-state index contributed by atoms with van der Waals surface area (Å²) in [5, 5.41) is 13.1. The average Bonchev–Trinajstić information content (AvgIpc) is 3.96. The van der Waals surface area contributed by atoms with Crippen molar-refractivity contribution in [1.82, 2.24) is 9.13 Å². The highest BCUT2D eigenvalue weighted by Crippen LogP contribution is 2.51. The second-order valence-electron chi connectivity index (χ2n) is 13.7. The first kappa shape index (κ1) is 27.8. The molecule has 0 amide bonds. The molecular formula is C47H29N3O2. The molecule has 0 aliphatic carbocycles. The van der Waals surface area contributed by atoms with Crippen LogP contribution in [0.4, 0.5) is 5.69 Å². The zero-order valence-corrected chi connectivity index (χ0v) is 27.9. The largest absolute Gasteiger partial charge is 0.455 e. The number of rotatable bonds is 3. The third-order valence-corrected chi connectivity index (χ3v) is 10.9. The monoisotopic (exact) mass is 667 g/mol. The van der Waals surface area contributed by atoms with Crippen molar-refractivity contribution in [3.8, 4) is 22.6 Å². The van der Waals surface area contributed by atoms with Gasteiger partial charge in [-0.1, -0.05) is 115 Å². The van der Waals surface area contributed by atoms with Gasteiger partial charge in [-0.2, -0.15) is 0 Å². The molecule has 0 fully saturated rings. The number of nitrogens with one attached hydrogen (secondary N) is 1. The average molecular weight is 668 g/mol. The smallest absolute Gasteiger partial charge is 0.255 e. The van der Waals surface area contributed by atoms with Crippen LogP contribution in [-0.2, 0) is 0 Å². The second kappa shape index (κ2) is 10.3. The summed E-state index contributed by atoms with van der Waals surface area (Å²) in [5.41, 5.74) is 10.4. The maximum Gasteiger partial charge on any atom is 0.255 e. The van der Waals surface area contributed by atoms with Crippen LogP contribution in [0.2, 0.25) is 0 Å². The summed E-state index contributed by atoms with van der Waals surface area (Å²) >= 11 is 0. The normalized spacial score (nSPS) is 14.3. The molecule has 4 heterocycles. The van der Waals surface area contributed by atoms with Gasteiger partial charge in [0.25, 0.3) is 6.35 Å². The molecule has 1 aliphatic rings. The molecule has 8 aromatic carbocycles. The number of aromatic nitrogens is 2. The van der Waals surface area contributed by atoms with Gasteiger partial charge >= 0.3 is 0 Å². The Balaban J connectivity index is 1.08. The van der Waals surface area contributed by atoms with Gasteiger partial charge in [0.1, 0.15) is 11.2 Å². The number of fused-ring (bicyclic) bond motifs is 12. The molecule has 11 aromatic rings. The van der Waals surface area contributed by atoms with Gasteiger partial charge in [0.05, 0.1) is 33.1 Å². The Morgan fingerprint density at radius 3 is 1.92 bits per heavy atom. The van der Waals surface area contributed by atoms with Crippen LogP contribution < -0.4 is 10.1 Å². The van der Waals surface area contributed by atoms with Crippen molar-refractivity contribution < 1.29 is 9.15 Å². The van der Waals surface area contributed by atoms with Gasteiger partial charge in [-0.3, -0.25) is 4.57 Å². The molecule has 5 heteroatoms. The fourth-order valence-corrected chi connectivity index (χ4v) is 8.64. The van der Waals surface area contributed by atoms with Crippen LogP contribution in [0.3, 0.4) is 0 Å². The van der Waals surface area contributed by atoms with Gasteiger partial charge in [-0.05, 0) is 64.9 Å². The summed E-state index contributed by atoms with van der Waals surface area (Å²) < 4.78 is 18.4. The van der Waals surface area contributed by atoms with Crippen molar-refractivity contribution in [2.24, 2.45) is 0 Å². The van der Waals surface area contributed by atoms with Crippen LogP contribution in [0.5, 0.6) is 5.75 Å². The first-order valence-corrected chi connectivity index (χ1v) is 17.7. The van der Waals surface area contributed by atoms with E-state index in [1.54, 1.807) is 0 Å². The topological polar surface area (TPSA) is 44.3 Å². The lowest BCUT2D eigenvalue weighted by atomic mass is 9.98. The third kappa shape index (κ3) is 3.77. The maximum absolute atomic E-state index is 7.06. The Hall–Kier alpha value is -6.98. The van der Waals surface area contributed by atoms with Crippen LogP contribution in [0.25, 0.3) is 93.1 Å². The lowest BCUT2D eigenvalue weighted by Gasteiger charge is -2.17. The molecule has 1 aliphatic heterocycles. The summed E-state index contributed by atoms with van der Waals surface area (Å²) in [6, 6.07) is 58.3. The minimum atomic E-state index is -0.491. The quantitative estimate of drug-likeness (QED) is 0.204. The van der Waals surface area contributed by atoms with E-state index in [0.717, 1.165) is 61.2 Å². The summed E-state index contributed by atoms with van der Waals surface area (Å²) in [4.78, 5) is 0. The van der Waals surface area contributed by atoms with Crippen molar-refractivity contribution >= 4 is 82.0 Å².